The Morgan fingerprint density at radius 3 is 2.11 bits per heavy atom. The van der Waals surface area contributed by atoms with E-state index < -0.39 is 17.7 Å². The minimum absolute atomic E-state index is 0.0100. The number of hydrogen-bond acceptors (Lipinski definition) is 5. The number of carbonyl (C=O) groups excluding carboxylic acids is 2. The zero-order valence-electron chi connectivity index (χ0n) is 18.3. The molecule has 0 saturated carbocycles. The van der Waals surface area contributed by atoms with Gasteiger partial charge in [-0.05, 0) is 58.5 Å². The second-order valence-corrected chi connectivity index (χ2v) is 8.37. The molecule has 1 rings (SSSR count). The highest BCUT2D eigenvalue weighted by atomic mass is 16.6. The number of carbonyl (C=O) groups is 2. The van der Waals surface area contributed by atoms with Gasteiger partial charge >= 0.3 is 6.09 Å². The fourth-order valence-electron chi connectivity index (χ4n) is 2.70. The van der Waals surface area contributed by atoms with Crippen LogP contribution in [0.3, 0.4) is 0 Å². The number of ether oxygens (including phenoxy) is 2. The molecule has 0 radical (unpaired) electrons. The van der Waals surface area contributed by atoms with Crippen LogP contribution < -0.4 is 15.4 Å². The van der Waals surface area contributed by atoms with Gasteiger partial charge in [-0.15, -0.1) is 0 Å². The summed E-state index contributed by atoms with van der Waals surface area (Å²) >= 11 is 0. The third kappa shape index (κ3) is 7.76. The van der Waals surface area contributed by atoms with Crippen molar-refractivity contribution < 1.29 is 19.1 Å². The van der Waals surface area contributed by atoms with Gasteiger partial charge < -0.3 is 25.0 Å². The molecule has 7 heteroatoms. The first kappa shape index (κ1) is 23.8. The summed E-state index contributed by atoms with van der Waals surface area (Å²) in [5, 5.41) is 5.64. The number of likely N-dealkylation sites (N-methyl/N-ethyl adjacent to an activating group) is 1. The lowest BCUT2D eigenvalue weighted by molar-refractivity contribution is -0.124. The first-order valence-corrected chi connectivity index (χ1v) is 9.52. The highest BCUT2D eigenvalue weighted by Crippen LogP contribution is 2.21. The van der Waals surface area contributed by atoms with Crippen LogP contribution in [0, 0.1) is 5.92 Å². The molecule has 2 amide bonds. The molecular weight excluding hydrogens is 358 g/mol. The third-order valence-electron chi connectivity index (χ3n) is 4.21. The molecule has 158 valence electrons. The largest absolute Gasteiger partial charge is 0.497 e. The number of benzene rings is 1. The molecule has 0 saturated heterocycles. The van der Waals surface area contributed by atoms with Gasteiger partial charge in [0.25, 0.3) is 0 Å². The Balaban J connectivity index is 2.78. The predicted octanol–water partition coefficient (Wildman–Crippen LogP) is 2.96. The van der Waals surface area contributed by atoms with E-state index in [0.717, 1.165) is 11.3 Å². The minimum atomic E-state index is -0.673. The molecule has 2 N–H and O–H groups in total. The van der Waals surface area contributed by atoms with Crippen molar-refractivity contribution in [3.8, 4) is 5.75 Å². The second-order valence-electron chi connectivity index (χ2n) is 8.37. The molecule has 0 bridgehead atoms. The standard InChI is InChI=1S/C21H35N3O4/c1-14(2)18(23-20(26)28-21(3,4)5)19(25)22-13-17(24(6)7)15-9-11-16(27-8)12-10-15/h9-12,14,17-18H,13H2,1-8H3,(H,22,25)(H,23,26). The monoisotopic (exact) mass is 393 g/mol. The molecule has 2 unspecified atom stereocenters. The lowest BCUT2D eigenvalue weighted by Crippen LogP contribution is -2.51. The summed E-state index contributed by atoms with van der Waals surface area (Å²) in [6, 6.07) is 7.07. The smallest absolute Gasteiger partial charge is 0.408 e. The maximum Gasteiger partial charge on any atom is 0.408 e. The van der Waals surface area contributed by atoms with Crippen LogP contribution in [0.25, 0.3) is 0 Å². The third-order valence-corrected chi connectivity index (χ3v) is 4.21. The Morgan fingerprint density at radius 2 is 1.68 bits per heavy atom. The van der Waals surface area contributed by atoms with Crippen molar-refractivity contribution in [2.75, 3.05) is 27.7 Å². The Labute approximate surface area is 168 Å². The Hall–Kier alpha value is -2.28. The molecule has 0 spiro atoms. The van der Waals surface area contributed by atoms with Crippen LogP contribution in [0.5, 0.6) is 5.75 Å². The number of amides is 2. The van der Waals surface area contributed by atoms with Crippen LogP contribution >= 0.6 is 0 Å². The van der Waals surface area contributed by atoms with Crippen LogP contribution in [0.15, 0.2) is 24.3 Å². The summed E-state index contributed by atoms with van der Waals surface area (Å²) in [5.41, 5.74) is 0.444. The number of nitrogens with one attached hydrogen (secondary N) is 2. The highest BCUT2D eigenvalue weighted by molar-refractivity contribution is 5.86. The Bertz CT molecular complexity index is 636. The molecular formula is C21H35N3O4. The van der Waals surface area contributed by atoms with E-state index in [1.807, 2.05) is 57.1 Å². The van der Waals surface area contributed by atoms with E-state index in [4.69, 9.17) is 9.47 Å². The summed E-state index contributed by atoms with van der Waals surface area (Å²) < 4.78 is 10.5. The predicted molar refractivity (Wildman–Crippen MR) is 110 cm³/mol. The molecule has 1 aromatic carbocycles. The lowest BCUT2D eigenvalue weighted by atomic mass is 10.0. The molecule has 0 heterocycles. The topological polar surface area (TPSA) is 79.9 Å². The Kier molecular flexibility index (Phi) is 8.75. The van der Waals surface area contributed by atoms with Gasteiger partial charge in [-0.2, -0.15) is 0 Å². The summed E-state index contributed by atoms with van der Waals surface area (Å²) in [7, 11) is 5.54. The number of methoxy groups -OCH3 is 1. The fourth-order valence-corrected chi connectivity index (χ4v) is 2.70. The van der Waals surface area contributed by atoms with E-state index in [9.17, 15) is 9.59 Å². The number of alkyl carbamates (subject to hydrolysis) is 1. The van der Waals surface area contributed by atoms with Crippen molar-refractivity contribution in [2.45, 2.75) is 52.3 Å². The minimum Gasteiger partial charge on any atom is -0.497 e. The van der Waals surface area contributed by atoms with E-state index >= 15 is 0 Å². The molecule has 0 aliphatic heterocycles. The normalized spacial score (nSPS) is 13.8. The molecule has 0 aliphatic rings. The molecule has 0 aromatic heterocycles. The van der Waals surface area contributed by atoms with Crippen LogP contribution in [0.2, 0.25) is 0 Å². The molecule has 1 aromatic rings. The van der Waals surface area contributed by atoms with E-state index in [-0.39, 0.29) is 17.9 Å². The fraction of sp³-hybridized carbons (Fsp3) is 0.619. The summed E-state index contributed by atoms with van der Waals surface area (Å²) in [5.74, 6) is 0.472. The highest BCUT2D eigenvalue weighted by Gasteiger charge is 2.27. The zero-order chi connectivity index (χ0) is 21.5. The van der Waals surface area contributed by atoms with Gasteiger partial charge in [-0.25, -0.2) is 4.79 Å². The first-order valence-electron chi connectivity index (χ1n) is 9.52. The van der Waals surface area contributed by atoms with Gasteiger partial charge in [-0.3, -0.25) is 4.79 Å². The average molecular weight is 394 g/mol. The molecule has 0 aliphatic carbocycles. The van der Waals surface area contributed by atoms with Gasteiger partial charge in [0, 0.05) is 6.54 Å². The van der Waals surface area contributed by atoms with Crippen molar-refractivity contribution in [3.63, 3.8) is 0 Å². The zero-order valence-corrected chi connectivity index (χ0v) is 18.3. The van der Waals surface area contributed by atoms with Crippen molar-refractivity contribution in [2.24, 2.45) is 5.92 Å². The van der Waals surface area contributed by atoms with E-state index in [2.05, 4.69) is 10.6 Å². The van der Waals surface area contributed by atoms with Crippen LogP contribution in [0.4, 0.5) is 4.79 Å². The molecule has 7 nitrogen and oxygen atoms in total. The molecule has 2 atom stereocenters. The quantitative estimate of drug-likeness (QED) is 0.710. The summed E-state index contributed by atoms with van der Waals surface area (Å²) in [4.78, 5) is 26.8. The van der Waals surface area contributed by atoms with Gasteiger partial charge in [0.1, 0.15) is 17.4 Å². The van der Waals surface area contributed by atoms with Crippen molar-refractivity contribution in [3.05, 3.63) is 29.8 Å². The summed E-state index contributed by atoms with van der Waals surface area (Å²) in [6.07, 6.45) is -0.597. The van der Waals surface area contributed by atoms with Crippen LogP contribution in [-0.4, -0.2) is 56.3 Å². The van der Waals surface area contributed by atoms with Gasteiger partial charge in [0.05, 0.1) is 13.2 Å². The van der Waals surface area contributed by atoms with Crippen LogP contribution in [-0.2, 0) is 9.53 Å². The van der Waals surface area contributed by atoms with Gasteiger partial charge in [0.2, 0.25) is 5.91 Å². The summed E-state index contributed by atoms with van der Waals surface area (Å²) in [6.45, 7) is 9.54. The second kappa shape index (κ2) is 10.3. The van der Waals surface area contributed by atoms with E-state index in [0.29, 0.717) is 6.54 Å². The van der Waals surface area contributed by atoms with Crippen molar-refractivity contribution in [1.29, 1.82) is 0 Å². The van der Waals surface area contributed by atoms with E-state index in [1.165, 1.54) is 0 Å². The maximum atomic E-state index is 12.7. The number of hydrogen-bond donors (Lipinski definition) is 2. The van der Waals surface area contributed by atoms with E-state index in [1.54, 1.807) is 27.9 Å². The Morgan fingerprint density at radius 1 is 1.11 bits per heavy atom. The van der Waals surface area contributed by atoms with Crippen molar-refractivity contribution in [1.82, 2.24) is 15.5 Å². The lowest BCUT2D eigenvalue weighted by Gasteiger charge is -2.28. The molecule has 28 heavy (non-hydrogen) atoms. The van der Waals surface area contributed by atoms with Gasteiger partial charge in [0.15, 0.2) is 0 Å². The van der Waals surface area contributed by atoms with Crippen molar-refractivity contribution >= 4 is 12.0 Å². The maximum absolute atomic E-state index is 12.7. The SMILES string of the molecule is COc1ccc(C(CNC(=O)C(NC(=O)OC(C)(C)C)C(C)C)N(C)C)cc1. The van der Waals surface area contributed by atoms with Gasteiger partial charge in [-0.1, -0.05) is 26.0 Å². The average Bonchev–Trinajstić information content (AvgIpc) is 2.58. The number of rotatable bonds is 8. The molecule has 0 fully saturated rings. The van der Waals surface area contributed by atoms with Crippen LogP contribution in [0.1, 0.15) is 46.2 Å². The number of nitrogens with zero attached hydrogens (tertiary/aromatic N) is 1. The first-order chi connectivity index (χ1) is 12.9.